The molecular weight excluding hydrogens is 290 g/mol. The number of carbonyl (C=O) groups is 2. The molecule has 0 aliphatic heterocycles. The van der Waals surface area contributed by atoms with Crippen molar-refractivity contribution in [2.75, 3.05) is 31.1 Å². The average Bonchev–Trinajstić information content (AvgIpc) is 2.96. The first-order chi connectivity index (χ1) is 10.1. The van der Waals surface area contributed by atoms with Crippen molar-refractivity contribution in [1.29, 1.82) is 0 Å². The Labute approximate surface area is 129 Å². The molecule has 2 amide bonds. The second kappa shape index (κ2) is 9.46. The summed E-state index contributed by atoms with van der Waals surface area (Å²) in [4.78, 5) is 24.6. The van der Waals surface area contributed by atoms with Crippen LogP contribution >= 0.6 is 11.8 Å². The lowest BCUT2D eigenvalue weighted by atomic mass is 10.2. The molecule has 1 rings (SSSR count). The molecule has 0 saturated heterocycles. The molecule has 21 heavy (non-hydrogen) atoms. The molecule has 0 spiro atoms. The van der Waals surface area contributed by atoms with Crippen LogP contribution in [0.15, 0.2) is 22.8 Å². The number of carbonyl (C=O) groups excluding carboxylic acids is 2. The summed E-state index contributed by atoms with van der Waals surface area (Å²) in [6, 6.07) is 3.77. The summed E-state index contributed by atoms with van der Waals surface area (Å²) in [5.74, 6) is 0.704. The molecule has 1 aromatic heterocycles. The van der Waals surface area contributed by atoms with Crippen LogP contribution in [0.3, 0.4) is 0 Å². The largest absolute Gasteiger partial charge is 0.468 e. The molecule has 118 valence electrons. The smallest absolute Gasteiger partial charge is 0.230 e. The molecule has 0 aromatic carbocycles. The Morgan fingerprint density at radius 2 is 2.10 bits per heavy atom. The number of nitrogens with one attached hydrogen (secondary N) is 1. The van der Waals surface area contributed by atoms with Crippen LogP contribution in [0.2, 0.25) is 0 Å². The van der Waals surface area contributed by atoms with Gasteiger partial charge in [-0.05, 0) is 25.2 Å². The van der Waals surface area contributed by atoms with Gasteiger partial charge in [0.1, 0.15) is 5.76 Å². The summed E-state index contributed by atoms with van der Waals surface area (Å²) >= 11 is 1.21. The van der Waals surface area contributed by atoms with Gasteiger partial charge in [0.05, 0.1) is 23.8 Å². The number of furan rings is 1. The number of nitrogens with zero attached hydrogens (tertiary/aromatic N) is 1. The lowest BCUT2D eigenvalue weighted by molar-refractivity contribution is -0.118. The topological polar surface area (TPSA) is 88.6 Å². The fraction of sp³-hybridized carbons (Fsp3) is 0.571. The highest BCUT2D eigenvalue weighted by Gasteiger charge is 2.21. The Kier molecular flexibility index (Phi) is 7.92. The second-order valence-corrected chi connectivity index (χ2v) is 5.50. The number of amides is 2. The molecule has 0 fully saturated rings. The highest BCUT2D eigenvalue weighted by Crippen LogP contribution is 2.20. The highest BCUT2D eigenvalue weighted by atomic mass is 32.2. The summed E-state index contributed by atoms with van der Waals surface area (Å²) in [6.45, 7) is 6.36. The second-order valence-electron chi connectivity index (χ2n) is 4.52. The minimum Gasteiger partial charge on any atom is -0.468 e. The first kappa shape index (κ1) is 17.6. The maximum Gasteiger partial charge on any atom is 0.230 e. The van der Waals surface area contributed by atoms with Gasteiger partial charge in [-0.15, -0.1) is 11.8 Å². The molecule has 0 saturated carbocycles. The predicted molar refractivity (Wildman–Crippen MR) is 83.9 cm³/mol. The summed E-state index contributed by atoms with van der Waals surface area (Å²) in [7, 11) is 0. The van der Waals surface area contributed by atoms with E-state index in [-0.39, 0.29) is 23.5 Å². The number of likely N-dealkylation sites (N-methyl/N-ethyl adjacent to an activating group) is 1. The van der Waals surface area contributed by atoms with Crippen LogP contribution in [0.4, 0.5) is 0 Å². The van der Waals surface area contributed by atoms with Crippen molar-refractivity contribution in [2.24, 2.45) is 5.73 Å². The Morgan fingerprint density at radius 1 is 1.38 bits per heavy atom. The van der Waals surface area contributed by atoms with Crippen LogP contribution in [-0.4, -0.2) is 47.9 Å². The van der Waals surface area contributed by atoms with Crippen molar-refractivity contribution < 1.29 is 14.0 Å². The van der Waals surface area contributed by atoms with E-state index in [0.29, 0.717) is 6.54 Å². The molecule has 1 unspecified atom stereocenters. The number of nitrogens with two attached hydrogens (primary N) is 1. The van der Waals surface area contributed by atoms with Gasteiger partial charge in [0.2, 0.25) is 11.8 Å². The molecule has 3 N–H and O–H groups in total. The first-order valence-corrected chi connectivity index (χ1v) is 8.14. The third-order valence-corrected chi connectivity index (χ3v) is 4.05. The van der Waals surface area contributed by atoms with Gasteiger partial charge >= 0.3 is 0 Å². The molecule has 0 aliphatic carbocycles. The maximum atomic E-state index is 11.8. The van der Waals surface area contributed by atoms with Crippen molar-refractivity contribution in [2.45, 2.75) is 19.9 Å². The molecule has 7 heteroatoms. The summed E-state index contributed by atoms with van der Waals surface area (Å²) in [6.07, 6.45) is 1.64. The zero-order chi connectivity index (χ0) is 15.7. The number of rotatable bonds is 10. The minimum absolute atomic E-state index is 0.0140. The van der Waals surface area contributed by atoms with E-state index in [1.165, 1.54) is 11.8 Å². The van der Waals surface area contributed by atoms with Crippen LogP contribution in [0.1, 0.15) is 25.6 Å². The van der Waals surface area contributed by atoms with Crippen molar-refractivity contribution in [3.8, 4) is 0 Å². The SMILES string of the molecule is CCN(CC)C(CNC(=O)CSCC(N)=O)c1ccco1. The standard InChI is InChI=1S/C14H23N3O3S/c1-3-17(4-2)11(12-6-5-7-20-12)8-16-14(19)10-21-9-13(15)18/h5-7,11H,3-4,8-10H2,1-2H3,(H2,15,18)(H,16,19). The average molecular weight is 313 g/mol. The van der Waals surface area contributed by atoms with E-state index in [0.717, 1.165) is 18.8 Å². The number of hydrogen-bond acceptors (Lipinski definition) is 5. The van der Waals surface area contributed by atoms with Crippen LogP contribution in [0.5, 0.6) is 0 Å². The van der Waals surface area contributed by atoms with Gasteiger partial charge in [0.15, 0.2) is 0 Å². The van der Waals surface area contributed by atoms with Crippen LogP contribution in [0.25, 0.3) is 0 Å². The summed E-state index contributed by atoms with van der Waals surface area (Å²) < 4.78 is 5.47. The van der Waals surface area contributed by atoms with Crippen molar-refractivity contribution >= 4 is 23.6 Å². The van der Waals surface area contributed by atoms with Gasteiger partial charge in [0, 0.05) is 6.54 Å². The van der Waals surface area contributed by atoms with E-state index in [2.05, 4.69) is 24.1 Å². The van der Waals surface area contributed by atoms with Crippen molar-refractivity contribution in [3.05, 3.63) is 24.2 Å². The van der Waals surface area contributed by atoms with Gasteiger partial charge in [-0.25, -0.2) is 0 Å². The quantitative estimate of drug-likeness (QED) is 0.672. The molecule has 1 aromatic rings. The zero-order valence-electron chi connectivity index (χ0n) is 12.5. The number of hydrogen-bond donors (Lipinski definition) is 2. The van der Waals surface area contributed by atoms with Gasteiger partial charge in [0.25, 0.3) is 0 Å². The Bertz CT molecular complexity index is 433. The normalized spacial score (nSPS) is 12.3. The van der Waals surface area contributed by atoms with E-state index in [1.54, 1.807) is 6.26 Å². The monoisotopic (exact) mass is 313 g/mol. The molecule has 6 nitrogen and oxygen atoms in total. The summed E-state index contributed by atoms with van der Waals surface area (Å²) in [5.41, 5.74) is 5.03. The number of primary amides is 1. The lowest BCUT2D eigenvalue weighted by Crippen LogP contribution is -2.38. The van der Waals surface area contributed by atoms with E-state index in [1.807, 2.05) is 12.1 Å². The third kappa shape index (κ3) is 6.22. The molecular formula is C14H23N3O3S. The van der Waals surface area contributed by atoms with E-state index >= 15 is 0 Å². The van der Waals surface area contributed by atoms with Crippen LogP contribution in [0, 0.1) is 0 Å². The van der Waals surface area contributed by atoms with Crippen LogP contribution in [-0.2, 0) is 9.59 Å². The predicted octanol–water partition coefficient (Wildman–Crippen LogP) is 0.997. The summed E-state index contributed by atoms with van der Waals surface area (Å²) in [5, 5.41) is 2.88. The molecule has 1 atom stereocenters. The minimum atomic E-state index is -0.413. The Hall–Kier alpha value is -1.47. The molecule has 1 heterocycles. The molecule has 0 radical (unpaired) electrons. The van der Waals surface area contributed by atoms with Gasteiger partial charge in [-0.3, -0.25) is 14.5 Å². The first-order valence-electron chi connectivity index (χ1n) is 6.98. The molecule has 0 aliphatic rings. The van der Waals surface area contributed by atoms with Gasteiger partial charge < -0.3 is 15.5 Å². The highest BCUT2D eigenvalue weighted by molar-refractivity contribution is 8.00. The Morgan fingerprint density at radius 3 is 2.62 bits per heavy atom. The van der Waals surface area contributed by atoms with E-state index in [9.17, 15) is 9.59 Å². The van der Waals surface area contributed by atoms with Crippen molar-refractivity contribution in [3.63, 3.8) is 0 Å². The lowest BCUT2D eigenvalue weighted by Gasteiger charge is -2.28. The Balaban J connectivity index is 2.50. The third-order valence-electron chi connectivity index (χ3n) is 3.09. The van der Waals surface area contributed by atoms with Crippen molar-refractivity contribution in [1.82, 2.24) is 10.2 Å². The fourth-order valence-electron chi connectivity index (χ4n) is 2.06. The van der Waals surface area contributed by atoms with Gasteiger partial charge in [-0.1, -0.05) is 13.8 Å². The van der Waals surface area contributed by atoms with Gasteiger partial charge in [-0.2, -0.15) is 0 Å². The zero-order valence-corrected chi connectivity index (χ0v) is 13.3. The fourth-order valence-corrected chi connectivity index (χ4v) is 2.65. The van der Waals surface area contributed by atoms with Crippen LogP contribution < -0.4 is 11.1 Å². The molecule has 0 bridgehead atoms. The maximum absolute atomic E-state index is 11.8. The van der Waals surface area contributed by atoms with E-state index < -0.39 is 5.91 Å². The number of thioether (sulfide) groups is 1. The van der Waals surface area contributed by atoms with E-state index in [4.69, 9.17) is 10.2 Å².